The molecule has 1 aromatic rings. The Bertz CT molecular complexity index is 541. The van der Waals surface area contributed by atoms with Gasteiger partial charge in [-0.2, -0.15) is 0 Å². The van der Waals surface area contributed by atoms with Gasteiger partial charge in [0.1, 0.15) is 13.2 Å². The van der Waals surface area contributed by atoms with Gasteiger partial charge in [0.05, 0.1) is 5.60 Å². The maximum absolute atomic E-state index is 12.5. The number of aliphatic hydroxyl groups is 1. The van der Waals surface area contributed by atoms with Crippen LogP contribution in [-0.4, -0.2) is 47.8 Å². The Morgan fingerprint density at radius 3 is 2.70 bits per heavy atom. The molecule has 2 heterocycles. The minimum absolute atomic E-state index is 0.0728. The number of likely N-dealkylation sites (tertiary alicyclic amines) is 1. The topological polar surface area (TPSA) is 59.0 Å². The third kappa shape index (κ3) is 2.22. The van der Waals surface area contributed by atoms with Crippen LogP contribution in [0.5, 0.6) is 11.5 Å². The van der Waals surface area contributed by atoms with E-state index in [1.54, 1.807) is 30.0 Å². The first-order valence-electron chi connectivity index (χ1n) is 6.89. The lowest BCUT2D eigenvalue weighted by atomic mass is 9.95. The van der Waals surface area contributed by atoms with Crippen LogP contribution in [-0.2, 0) is 0 Å². The van der Waals surface area contributed by atoms with E-state index >= 15 is 0 Å². The summed E-state index contributed by atoms with van der Waals surface area (Å²) in [5.74, 6) is 1.28. The van der Waals surface area contributed by atoms with E-state index in [2.05, 4.69) is 0 Å². The van der Waals surface area contributed by atoms with Crippen molar-refractivity contribution in [2.24, 2.45) is 5.92 Å². The second-order valence-electron chi connectivity index (χ2n) is 5.80. The maximum atomic E-state index is 12.5. The number of nitrogens with zero attached hydrogens (tertiary/aromatic N) is 1. The van der Waals surface area contributed by atoms with Crippen LogP contribution in [0.4, 0.5) is 0 Å². The molecule has 1 N–H and O–H groups in total. The van der Waals surface area contributed by atoms with Gasteiger partial charge in [-0.05, 0) is 25.1 Å². The van der Waals surface area contributed by atoms with Crippen LogP contribution in [0.15, 0.2) is 18.2 Å². The van der Waals surface area contributed by atoms with Crippen LogP contribution in [0, 0.1) is 5.92 Å². The standard InChI is InChI=1S/C15H19NO4/c1-10-8-16(9-15(10,2)18)14(17)11-3-4-12-13(7-11)20-6-5-19-12/h3-4,7,10,18H,5-6,8-9H2,1-2H3/t10-,15+/m1/s1. The van der Waals surface area contributed by atoms with Gasteiger partial charge in [0.25, 0.3) is 5.91 Å². The Kier molecular flexibility index (Phi) is 3.09. The highest BCUT2D eigenvalue weighted by Crippen LogP contribution is 2.33. The van der Waals surface area contributed by atoms with E-state index in [4.69, 9.17) is 9.47 Å². The molecule has 0 saturated carbocycles. The summed E-state index contributed by atoms with van der Waals surface area (Å²) < 4.78 is 10.9. The van der Waals surface area contributed by atoms with Gasteiger partial charge in [0.15, 0.2) is 11.5 Å². The van der Waals surface area contributed by atoms with Crippen molar-refractivity contribution in [1.82, 2.24) is 4.90 Å². The van der Waals surface area contributed by atoms with E-state index < -0.39 is 5.60 Å². The van der Waals surface area contributed by atoms with Crippen LogP contribution in [0.1, 0.15) is 24.2 Å². The molecule has 108 valence electrons. The first-order chi connectivity index (χ1) is 9.47. The van der Waals surface area contributed by atoms with Crippen LogP contribution >= 0.6 is 0 Å². The number of amides is 1. The number of β-amino-alcohol motifs (C(OH)–C–C–N with tert-alkyl or cyclic N) is 1. The summed E-state index contributed by atoms with van der Waals surface area (Å²) in [6.45, 7) is 5.69. The number of carbonyl (C=O) groups is 1. The number of benzene rings is 1. The monoisotopic (exact) mass is 277 g/mol. The average Bonchev–Trinajstić information content (AvgIpc) is 2.71. The van der Waals surface area contributed by atoms with Crippen molar-refractivity contribution in [1.29, 1.82) is 0 Å². The van der Waals surface area contributed by atoms with E-state index in [-0.39, 0.29) is 11.8 Å². The number of carbonyl (C=O) groups excluding carboxylic acids is 1. The molecule has 0 aromatic heterocycles. The molecular formula is C15H19NO4. The second-order valence-corrected chi connectivity index (χ2v) is 5.80. The summed E-state index contributed by atoms with van der Waals surface area (Å²) in [7, 11) is 0. The minimum Gasteiger partial charge on any atom is -0.486 e. The van der Waals surface area contributed by atoms with Gasteiger partial charge in [0.2, 0.25) is 0 Å². The van der Waals surface area contributed by atoms with E-state index in [9.17, 15) is 9.90 Å². The molecule has 1 saturated heterocycles. The van der Waals surface area contributed by atoms with Gasteiger partial charge in [-0.15, -0.1) is 0 Å². The van der Waals surface area contributed by atoms with Crippen LogP contribution in [0.3, 0.4) is 0 Å². The highest BCUT2D eigenvalue weighted by molar-refractivity contribution is 5.95. The highest BCUT2D eigenvalue weighted by Gasteiger charge is 2.40. The lowest BCUT2D eigenvalue weighted by Gasteiger charge is -2.22. The lowest BCUT2D eigenvalue weighted by Crippen LogP contribution is -2.35. The predicted molar refractivity (Wildman–Crippen MR) is 73.1 cm³/mol. The normalized spacial score (nSPS) is 28.6. The van der Waals surface area contributed by atoms with Gasteiger partial charge in [0, 0.05) is 24.6 Å². The predicted octanol–water partition coefficient (Wildman–Crippen LogP) is 1.30. The number of ether oxygens (including phenoxy) is 2. The molecule has 0 aliphatic carbocycles. The van der Waals surface area contributed by atoms with Crippen molar-refractivity contribution in [2.75, 3.05) is 26.3 Å². The fourth-order valence-electron chi connectivity index (χ4n) is 2.65. The zero-order valence-electron chi connectivity index (χ0n) is 11.8. The summed E-state index contributed by atoms with van der Waals surface area (Å²) in [6.07, 6.45) is 0. The third-order valence-electron chi connectivity index (χ3n) is 4.14. The lowest BCUT2D eigenvalue weighted by molar-refractivity contribution is 0.0351. The van der Waals surface area contributed by atoms with E-state index in [0.29, 0.717) is 43.4 Å². The molecular weight excluding hydrogens is 258 g/mol. The van der Waals surface area contributed by atoms with Crippen molar-refractivity contribution in [3.8, 4) is 11.5 Å². The molecule has 2 aliphatic heterocycles. The maximum Gasteiger partial charge on any atom is 0.254 e. The van der Waals surface area contributed by atoms with Gasteiger partial charge in [-0.25, -0.2) is 0 Å². The Hall–Kier alpha value is -1.75. The van der Waals surface area contributed by atoms with E-state index in [0.717, 1.165) is 0 Å². The second kappa shape index (κ2) is 4.66. The number of hydrogen-bond acceptors (Lipinski definition) is 4. The summed E-state index contributed by atoms with van der Waals surface area (Å²) in [6, 6.07) is 5.22. The molecule has 5 heteroatoms. The Balaban J connectivity index is 1.81. The fourth-order valence-corrected chi connectivity index (χ4v) is 2.65. The molecule has 0 spiro atoms. The Morgan fingerprint density at radius 1 is 1.35 bits per heavy atom. The summed E-state index contributed by atoms with van der Waals surface area (Å²) in [4.78, 5) is 14.2. The third-order valence-corrected chi connectivity index (χ3v) is 4.14. The highest BCUT2D eigenvalue weighted by atomic mass is 16.6. The Morgan fingerprint density at radius 2 is 2.05 bits per heavy atom. The fraction of sp³-hybridized carbons (Fsp3) is 0.533. The average molecular weight is 277 g/mol. The van der Waals surface area contributed by atoms with Crippen molar-refractivity contribution in [3.63, 3.8) is 0 Å². The van der Waals surface area contributed by atoms with Gasteiger partial charge in [-0.1, -0.05) is 6.92 Å². The smallest absolute Gasteiger partial charge is 0.254 e. The summed E-state index contributed by atoms with van der Waals surface area (Å²) in [5, 5.41) is 10.2. The molecule has 0 radical (unpaired) electrons. The summed E-state index contributed by atoms with van der Waals surface area (Å²) in [5.41, 5.74) is -0.247. The van der Waals surface area contributed by atoms with Crippen LogP contribution < -0.4 is 9.47 Å². The van der Waals surface area contributed by atoms with Crippen LogP contribution in [0.2, 0.25) is 0 Å². The molecule has 0 bridgehead atoms. The van der Waals surface area contributed by atoms with Crippen molar-refractivity contribution >= 4 is 5.91 Å². The molecule has 2 aliphatic rings. The number of rotatable bonds is 1. The molecule has 1 fully saturated rings. The number of fused-ring (bicyclic) bond motifs is 1. The van der Waals surface area contributed by atoms with Gasteiger partial charge in [-0.3, -0.25) is 4.79 Å². The van der Waals surface area contributed by atoms with Crippen molar-refractivity contribution in [2.45, 2.75) is 19.4 Å². The molecule has 0 unspecified atom stereocenters. The van der Waals surface area contributed by atoms with Gasteiger partial charge >= 0.3 is 0 Å². The molecule has 20 heavy (non-hydrogen) atoms. The van der Waals surface area contributed by atoms with Gasteiger partial charge < -0.3 is 19.5 Å². The first-order valence-corrected chi connectivity index (χ1v) is 6.89. The van der Waals surface area contributed by atoms with Crippen molar-refractivity contribution in [3.05, 3.63) is 23.8 Å². The Labute approximate surface area is 118 Å². The minimum atomic E-state index is -0.816. The molecule has 1 amide bonds. The summed E-state index contributed by atoms with van der Waals surface area (Å²) >= 11 is 0. The molecule has 5 nitrogen and oxygen atoms in total. The molecule has 3 rings (SSSR count). The zero-order chi connectivity index (χ0) is 14.3. The zero-order valence-corrected chi connectivity index (χ0v) is 11.8. The molecule has 2 atom stereocenters. The quantitative estimate of drug-likeness (QED) is 0.840. The van der Waals surface area contributed by atoms with E-state index in [1.165, 1.54) is 0 Å². The van der Waals surface area contributed by atoms with Crippen LogP contribution in [0.25, 0.3) is 0 Å². The first kappa shape index (κ1) is 13.2. The SMILES string of the molecule is C[C@@H]1CN(C(=O)c2ccc3c(c2)OCCO3)C[C@]1(C)O. The van der Waals surface area contributed by atoms with Crippen molar-refractivity contribution < 1.29 is 19.4 Å². The van der Waals surface area contributed by atoms with E-state index in [1.807, 2.05) is 6.92 Å². The number of hydrogen-bond donors (Lipinski definition) is 1. The largest absolute Gasteiger partial charge is 0.486 e. The molecule has 1 aromatic carbocycles.